The second-order valence-electron chi connectivity index (χ2n) is 7.63. The first-order valence-corrected chi connectivity index (χ1v) is 10.5. The van der Waals surface area contributed by atoms with Gasteiger partial charge in [0.1, 0.15) is 5.03 Å². The van der Waals surface area contributed by atoms with Crippen LogP contribution in [-0.4, -0.2) is 20.4 Å². The highest BCUT2D eigenvalue weighted by atomic mass is 35.5. The number of hydrogen-bond donors (Lipinski definition) is 0. The van der Waals surface area contributed by atoms with Crippen molar-refractivity contribution in [3.05, 3.63) is 46.7 Å². The molecule has 0 aliphatic carbocycles. The maximum absolute atomic E-state index is 6.07. The Kier molecular flexibility index (Phi) is 5.64. The van der Waals surface area contributed by atoms with Crippen LogP contribution in [0, 0.1) is 6.92 Å². The molecule has 0 N–H and O–H groups in total. The van der Waals surface area contributed by atoms with E-state index in [2.05, 4.69) is 40.7 Å². The highest BCUT2D eigenvalue weighted by Gasteiger charge is 2.22. The van der Waals surface area contributed by atoms with Gasteiger partial charge in [-0.1, -0.05) is 57.8 Å². The first-order valence-electron chi connectivity index (χ1n) is 9.11. The number of aryl methyl sites for hydroxylation is 1. The largest absolute Gasteiger partial charge is 0.232 e. The van der Waals surface area contributed by atoms with Crippen LogP contribution in [0.1, 0.15) is 51.9 Å². The monoisotopic (exact) mass is 387 g/mol. The smallest absolute Gasteiger partial charge is 0.164 e. The van der Waals surface area contributed by atoms with Crippen molar-refractivity contribution in [2.45, 2.75) is 57.9 Å². The Labute approximate surface area is 165 Å². The van der Waals surface area contributed by atoms with E-state index in [0.29, 0.717) is 0 Å². The van der Waals surface area contributed by atoms with Gasteiger partial charge in [0.25, 0.3) is 0 Å². The summed E-state index contributed by atoms with van der Waals surface area (Å²) in [5, 5.41) is 6.72. The van der Waals surface area contributed by atoms with Crippen molar-refractivity contribution >= 4 is 29.0 Å². The van der Waals surface area contributed by atoms with Crippen molar-refractivity contribution in [2.24, 2.45) is 0 Å². The van der Waals surface area contributed by atoms with Gasteiger partial charge in [-0.05, 0) is 42.9 Å². The van der Waals surface area contributed by atoms with E-state index in [1.54, 1.807) is 0 Å². The van der Waals surface area contributed by atoms with Gasteiger partial charge in [0, 0.05) is 16.0 Å². The number of halogens is 1. The molecule has 0 radical (unpaired) electrons. The summed E-state index contributed by atoms with van der Waals surface area (Å²) < 4.78 is 2.01. The van der Waals surface area contributed by atoms with Gasteiger partial charge in [-0.3, -0.25) is 0 Å². The molecule has 0 saturated heterocycles. The summed E-state index contributed by atoms with van der Waals surface area (Å²) in [6.45, 7) is 10.9. The Bertz CT molecular complexity index is 908. The van der Waals surface area contributed by atoms with Crippen LogP contribution in [0.3, 0.4) is 0 Å². The van der Waals surface area contributed by atoms with Crippen LogP contribution in [0.5, 0.6) is 0 Å². The Morgan fingerprint density at radius 2 is 1.85 bits per heavy atom. The quantitative estimate of drug-likeness (QED) is 0.282. The van der Waals surface area contributed by atoms with Gasteiger partial charge >= 0.3 is 0 Å². The molecule has 5 heteroatoms. The molecule has 0 aliphatic rings. The first kappa shape index (κ1) is 19.2. The average molecular weight is 388 g/mol. The summed E-state index contributed by atoms with van der Waals surface area (Å²) in [6, 6.07) is 10.1. The van der Waals surface area contributed by atoms with Crippen molar-refractivity contribution in [3.63, 3.8) is 0 Å². The second kappa shape index (κ2) is 7.61. The zero-order valence-electron chi connectivity index (χ0n) is 16.1. The highest BCUT2D eigenvalue weighted by Crippen LogP contribution is 2.33. The van der Waals surface area contributed by atoms with E-state index in [0.717, 1.165) is 44.0 Å². The van der Waals surface area contributed by atoms with Crippen molar-refractivity contribution < 1.29 is 0 Å². The Hall–Kier alpha value is -1.52. The van der Waals surface area contributed by atoms with Crippen molar-refractivity contribution in [2.75, 3.05) is 5.75 Å². The summed E-state index contributed by atoms with van der Waals surface area (Å²) in [5.41, 5.74) is 5.19. The third-order valence-corrected chi connectivity index (χ3v) is 5.71. The fourth-order valence-corrected chi connectivity index (χ4v) is 4.07. The summed E-state index contributed by atoms with van der Waals surface area (Å²) in [7, 11) is 0. The predicted molar refractivity (Wildman–Crippen MR) is 113 cm³/mol. The lowest BCUT2D eigenvalue weighted by Gasteiger charge is -2.19. The lowest BCUT2D eigenvalue weighted by molar-refractivity contribution is 0.563. The normalized spacial score (nSPS) is 12.1. The summed E-state index contributed by atoms with van der Waals surface area (Å²) in [6.07, 6.45) is 2.39. The number of aromatic nitrogens is 3. The molecule has 138 valence electrons. The van der Waals surface area contributed by atoms with E-state index in [-0.39, 0.29) is 5.41 Å². The third kappa shape index (κ3) is 3.91. The summed E-state index contributed by atoms with van der Waals surface area (Å²) >= 11 is 7.94. The molecule has 0 aliphatic heterocycles. The first-order chi connectivity index (χ1) is 12.3. The van der Waals surface area contributed by atoms with E-state index in [9.17, 15) is 0 Å². The molecule has 0 spiro atoms. The maximum Gasteiger partial charge on any atom is 0.164 e. The number of thioether (sulfide) groups is 1. The molecule has 26 heavy (non-hydrogen) atoms. The molecule has 2 aromatic heterocycles. The third-order valence-electron chi connectivity index (χ3n) is 4.38. The van der Waals surface area contributed by atoms with Crippen LogP contribution >= 0.6 is 23.4 Å². The molecule has 3 nitrogen and oxygen atoms in total. The van der Waals surface area contributed by atoms with Crippen LogP contribution in [0.4, 0.5) is 0 Å². The van der Waals surface area contributed by atoms with Gasteiger partial charge in [0.15, 0.2) is 5.65 Å². The minimum absolute atomic E-state index is 0.0166. The molecule has 1 aromatic carbocycles. The van der Waals surface area contributed by atoms with Crippen molar-refractivity contribution in [3.8, 4) is 11.1 Å². The van der Waals surface area contributed by atoms with Crippen LogP contribution < -0.4 is 0 Å². The van der Waals surface area contributed by atoms with E-state index >= 15 is 0 Å². The van der Waals surface area contributed by atoms with E-state index in [1.165, 1.54) is 12.8 Å². The predicted octanol–water partition coefficient (Wildman–Crippen LogP) is 6.55. The molecule has 0 atom stereocenters. The molecule has 0 bridgehead atoms. The fourth-order valence-electron chi connectivity index (χ4n) is 2.86. The minimum atomic E-state index is -0.0166. The van der Waals surface area contributed by atoms with Crippen LogP contribution in [-0.2, 0) is 5.41 Å². The van der Waals surface area contributed by atoms with Crippen LogP contribution in [0.15, 0.2) is 35.4 Å². The number of unbranched alkanes of at least 4 members (excludes halogenated alkanes) is 1. The molecule has 3 aromatic rings. The van der Waals surface area contributed by atoms with Gasteiger partial charge in [0.2, 0.25) is 0 Å². The number of rotatable bonds is 5. The zero-order valence-corrected chi connectivity index (χ0v) is 17.7. The van der Waals surface area contributed by atoms with E-state index in [1.807, 2.05) is 40.5 Å². The lowest BCUT2D eigenvalue weighted by Crippen LogP contribution is -2.15. The maximum atomic E-state index is 6.07. The SMILES string of the molecule is CCCCSc1cc(C(C)(C)C)nc2c(-c3ccc(Cl)cc3)c(C)nn12. The average Bonchev–Trinajstić information content (AvgIpc) is 2.91. The molecule has 0 fully saturated rings. The number of hydrogen-bond acceptors (Lipinski definition) is 3. The highest BCUT2D eigenvalue weighted by molar-refractivity contribution is 7.99. The van der Waals surface area contributed by atoms with Crippen molar-refractivity contribution in [1.82, 2.24) is 14.6 Å². The van der Waals surface area contributed by atoms with E-state index < -0.39 is 0 Å². The van der Waals surface area contributed by atoms with Gasteiger partial charge in [-0.15, -0.1) is 11.8 Å². The van der Waals surface area contributed by atoms with Gasteiger partial charge < -0.3 is 0 Å². The number of benzene rings is 1. The summed E-state index contributed by atoms with van der Waals surface area (Å²) in [4.78, 5) is 5.01. The molecule has 3 rings (SSSR count). The fraction of sp³-hybridized carbons (Fsp3) is 0.429. The molecular weight excluding hydrogens is 362 g/mol. The number of nitrogens with zero attached hydrogens (tertiary/aromatic N) is 3. The van der Waals surface area contributed by atoms with Gasteiger partial charge in [-0.2, -0.15) is 5.10 Å². The lowest BCUT2D eigenvalue weighted by atomic mass is 9.92. The van der Waals surface area contributed by atoms with Crippen molar-refractivity contribution in [1.29, 1.82) is 0 Å². The molecule has 2 heterocycles. The molecule has 0 unspecified atom stereocenters. The van der Waals surface area contributed by atoms with Crippen LogP contribution in [0.2, 0.25) is 5.02 Å². The topological polar surface area (TPSA) is 30.2 Å². The Morgan fingerprint density at radius 1 is 1.15 bits per heavy atom. The zero-order chi connectivity index (χ0) is 18.9. The Morgan fingerprint density at radius 3 is 2.46 bits per heavy atom. The number of fused-ring (bicyclic) bond motifs is 1. The second-order valence-corrected chi connectivity index (χ2v) is 9.19. The Balaban J connectivity index is 2.21. The molecule has 0 saturated carbocycles. The van der Waals surface area contributed by atoms with Gasteiger partial charge in [0.05, 0.1) is 11.4 Å². The summed E-state index contributed by atoms with van der Waals surface area (Å²) in [5.74, 6) is 1.09. The van der Waals surface area contributed by atoms with Crippen LogP contribution in [0.25, 0.3) is 16.8 Å². The minimum Gasteiger partial charge on any atom is -0.232 e. The van der Waals surface area contributed by atoms with E-state index in [4.69, 9.17) is 21.7 Å². The van der Waals surface area contributed by atoms with Gasteiger partial charge in [-0.25, -0.2) is 9.50 Å². The standard InChI is InChI=1S/C21H26ClN3S/c1-6-7-12-26-18-13-17(21(3,4)5)23-20-19(14(2)24-25(18)20)15-8-10-16(22)11-9-15/h8-11,13H,6-7,12H2,1-5H3. The molecule has 0 amide bonds. The molecular formula is C21H26ClN3S.